The second-order valence-corrected chi connectivity index (χ2v) is 5.38. The van der Waals surface area contributed by atoms with Crippen molar-refractivity contribution in [2.45, 2.75) is 6.54 Å². The third-order valence-electron chi connectivity index (χ3n) is 2.47. The quantitative estimate of drug-likeness (QED) is 0.723. The Hall–Kier alpha value is -0.380. The van der Waals surface area contributed by atoms with Gasteiger partial charge in [-0.15, -0.1) is 0 Å². The lowest BCUT2D eigenvalue weighted by Crippen LogP contribution is -3.15. The molecule has 84 valence electrons. The molecular formula is C12H21BrN2+2. The number of hydrogen-bond donors (Lipinski definition) is 2. The maximum atomic E-state index is 3.45. The molecule has 1 unspecified atom stereocenters. The van der Waals surface area contributed by atoms with Gasteiger partial charge in [-0.3, -0.25) is 0 Å². The fraction of sp³-hybridized carbons (Fsp3) is 0.500. The van der Waals surface area contributed by atoms with Crippen molar-refractivity contribution in [1.29, 1.82) is 0 Å². The summed E-state index contributed by atoms with van der Waals surface area (Å²) in [6.07, 6.45) is 0. The third-order valence-corrected chi connectivity index (χ3v) is 3.00. The fourth-order valence-corrected chi connectivity index (χ4v) is 1.77. The standard InChI is InChI=1S/C12H19BrN2/c1-14(2)8-9-15(3)10-11-4-6-12(13)7-5-11/h4-7H,8-10H2,1-3H3/p+2. The summed E-state index contributed by atoms with van der Waals surface area (Å²) < 4.78 is 1.15. The Morgan fingerprint density at radius 2 is 1.60 bits per heavy atom. The first kappa shape index (κ1) is 12.7. The predicted molar refractivity (Wildman–Crippen MR) is 67.3 cm³/mol. The van der Waals surface area contributed by atoms with Crippen molar-refractivity contribution in [3.8, 4) is 0 Å². The van der Waals surface area contributed by atoms with E-state index in [1.807, 2.05) is 0 Å². The summed E-state index contributed by atoms with van der Waals surface area (Å²) >= 11 is 3.45. The van der Waals surface area contributed by atoms with Crippen molar-refractivity contribution in [2.24, 2.45) is 0 Å². The van der Waals surface area contributed by atoms with Gasteiger partial charge < -0.3 is 9.80 Å². The van der Waals surface area contributed by atoms with E-state index < -0.39 is 0 Å². The van der Waals surface area contributed by atoms with Gasteiger partial charge in [-0.1, -0.05) is 28.1 Å². The van der Waals surface area contributed by atoms with Crippen LogP contribution in [0, 0.1) is 0 Å². The van der Waals surface area contributed by atoms with E-state index >= 15 is 0 Å². The molecule has 0 fully saturated rings. The summed E-state index contributed by atoms with van der Waals surface area (Å²) in [5.41, 5.74) is 1.41. The molecule has 1 rings (SSSR count). The van der Waals surface area contributed by atoms with Crippen LogP contribution >= 0.6 is 15.9 Å². The largest absolute Gasteiger partial charge is 0.335 e. The van der Waals surface area contributed by atoms with Crippen molar-refractivity contribution in [3.63, 3.8) is 0 Å². The Bertz CT molecular complexity index is 282. The number of benzene rings is 1. The average Bonchev–Trinajstić information content (AvgIpc) is 2.19. The molecule has 1 aromatic rings. The summed E-state index contributed by atoms with van der Waals surface area (Å²) in [4.78, 5) is 3.09. The molecule has 0 spiro atoms. The van der Waals surface area contributed by atoms with Gasteiger partial charge in [0.15, 0.2) is 0 Å². The van der Waals surface area contributed by atoms with Gasteiger partial charge in [0.25, 0.3) is 0 Å². The van der Waals surface area contributed by atoms with E-state index in [0.29, 0.717) is 0 Å². The molecule has 0 bridgehead atoms. The maximum absolute atomic E-state index is 3.45. The van der Waals surface area contributed by atoms with E-state index in [-0.39, 0.29) is 0 Å². The van der Waals surface area contributed by atoms with Crippen LogP contribution in [-0.2, 0) is 6.54 Å². The Labute approximate surface area is 101 Å². The van der Waals surface area contributed by atoms with Crippen molar-refractivity contribution in [2.75, 3.05) is 34.2 Å². The molecule has 3 heteroatoms. The molecule has 0 saturated heterocycles. The van der Waals surface area contributed by atoms with Crippen LogP contribution < -0.4 is 9.80 Å². The zero-order valence-corrected chi connectivity index (χ0v) is 11.4. The molecule has 1 atom stereocenters. The van der Waals surface area contributed by atoms with Crippen LogP contribution in [0.2, 0.25) is 0 Å². The maximum Gasteiger partial charge on any atom is 0.127 e. The van der Waals surface area contributed by atoms with Crippen LogP contribution in [0.5, 0.6) is 0 Å². The van der Waals surface area contributed by atoms with Crippen molar-refractivity contribution < 1.29 is 9.80 Å². The van der Waals surface area contributed by atoms with Crippen LogP contribution in [-0.4, -0.2) is 34.2 Å². The van der Waals surface area contributed by atoms with Gasteiger partial charge >= 0.3 is 0 Å². The summed E-state index contributed by atoms with van der Waals surface area (Å²) in [7, 11) is 6.66. The average molecular weight is 273 g/mol. The molecule has 0 aliphatic rings. The highest BCUT2D eigenvalue weighted by Gasteiger charge is 2.05. The van der Waals surface area contributed by atoms with Gasteiger partial charge in [-0.05, 0) is 12.1 Å². The minimum absolute atomic E-state index is 1.11. The lowest BCUT2D eigenvalue weighted by atomic mass is 10.2. The van der Waals surface area contributed by atoms with Crippen LogP contribution in [0.25, 0.3) is 0 Å². The lowest BCUT2D eigenvalue weighted by molar-refractivity contribution is -0.937. The minimum atomic E-state index is 1.11. The Kier molecular flexibility index (Phi) is 5.29. The first-order valence-corrected chi connectivity index (χ1v) is 6.22. The summed E-state index contributed by atoms with van der Waals surface area (Å²) in [6.45, 7) is 3.56. The molecule has 2 nitrogen and oxygen atoms in total. The fourth-order valence-electron chi connectivity index (χ4n) is 1.50. The molecule has 0 heterocycles. The predicted octanol–water partition coefficient (Wildman–Crippen LogP) is -0.392. The molecule has 2 N–H and O–H groups in total. The molecule has 1 aromatic carbocycles. The Balaban J connectivity index is 2.37. The molecule has 0 saturated carbocycles. The number of rotatable bonds is 5. The van der Waals surface area contributed by atoms with Gasteiger partial charge in [0.05, 0.1) is 21.1 Å². The zero-order chi connectivity index (χ0) is 11.3. The highest BCUT2D eigenvalue weighted by molar-refractivity contribution is 9.10. The molecule has 0 aromatic heterocycles. The van der Waals surface area contributed by atoms with Crippen molar-refractivity contribution >= 4 is 15.9 Å². The number of hydrogen-bond acceptors (Lipinski definition) is 0. The van der Waals surface area contributed by atoms with E-state index in [0.717, 1.165) is 11.0 Å². The molecular weight excluding hydrogens is 252 g/mol. The van der Waals surface area contributed by atoms with Crippen molar-refractivity contribution in [1.82, 2.24) is 0 Å². The molecule has 0 aliphatic heterocycles. The highest BCUT2D eigenvalue weighted by Crippen LogP contribution is 2.09. The van der Waals surface area contributed by atoms with Gasteiger partial charge in [-0.2, -0.15) is 0 Å². The van der Waals surface area contributed by atoms with Crippen LogP contribution in [0.3, 0.4) is 0 Å². The van der Waals surface area contributed by atoms with Gasteiger partial charge in [0.1, 0.15) is 19.6 Å². The normalized spacial score (nSPS) is 13.1. The minimum Gasteiger partial charge on any atom is -0.335 e. The second kappa shape index (κ2) is 6.26. The smallest absolute Gasteiger partial charge is 0.127 e. The lowest BCUT2D eigenvalue weighted by Gasteiger charge is -2.15. The molecule has 0 amide bonds. The zero-order valence-electron chi connectivity index (χ0n) is 9.81. The topological polar surface area (TPSA) is 8.88 Å². The van der Waals surface area contributed by atoms with E-state index in [4.69, 9.17) is 0 Å². The molecule has 0 radical (unpaired) electrons. The van der Waals surface area contributed by atoms with Crippen LogP contribution in [0.1, 0.15) is 5.56 Å². The van der Waals surface area contributed by atoms with Gasteiger partial charge in [0.2, 0.25) is 0 Å². The van der Waals surface area contributed by atoms with E-state index in [2.05, 4.69) is 61.3 Å². The Morgan fingerprint density at radius 1 is 1.00 bits per heavy atom. The van der Waals surface area contributed by atoms with Crippen molar-refractivity contribution in [3.05, 3.63) is 34.3 Å². The first-order valence-electron chi connectivity index (χ1n) is 5.42. The number of nitrogens with one attached hydrogen (secondary N) is 2. The first-order chi connectivity index (χ1) is 7.08. The number of quaternary nitrogens is 2. The van der Waals surface area contributed by atoms with Gasteiger partial charge in [-0.25, -0.2) is 0 Å². The van der Waals surface area contributed by atoms with E-state index in [9.17, 15) is 0 Å². The second-order valence-electron chi connectivity index (χ2n) is 4.47. The summed E-state index contributed by atoms with van der Waals surface area (Å²) in [6, 6.07) is 8.60. The number of halogens is 1. The SMILES string of the molecule is C[NH+](C)CC[NH+](C)Cc1ccc(Br)cc1. The third kappa shape index (κ3) is 5.30. The van der Waals surface area contributed by atoms with Gasteiger partial charge in [0, 0.05) is 10.0 Å². The van der Waals surface area contributed by atoms with Crippen LogP contribution in [0.4, 0.5) is 0 Å². The molecule has 15 heavy (non-hydrogen) atoms. The van der Waals surface area contributed by atoms with Crippen LogP contribution in [0.15, 0.2) is 28.7 Å². The van der Waals surface area contributed by atoms with E-state index in [1.54, 1.807) is 4.90 Å². The number of likely N-dealkylation sites (N-methyl/N-ethyl adjacent to an activating group) is 2. The van der Waals surface area contributed by atoms with E-state index in [1.165, 1.54) is 23.6 Å². The summed E-state index contributed by atoms with van der Waals surface area (Å²) in [5, 5.41) is 0. The Morgan fingerprint density at radius 3 is 2.13 bits per heavy atom. The highest BCUT2D eigenvalue weighted by atomic mass is 79.9. The molecule has 0 aliphatic carbocycles. The summed E-state index contributed by atoms with van der Waals surface area (Å²) in [5.74, 6) is 0. The monoisotopic (exact) mass is 272 g/mol.